The number of benzene rings is 3. The van der Waals surface area contributed by atoms with Crippen molar-refractivity contribution in [2.24, 2.45) is 5.10 Å². The highest BCUT2D eigenvalue weighted by Crippen LogP contribution is 2.17. The van der Waals surface area contributed by atoms with Gasteiger partial charge in [-0.3, -0.25) is 4.79 Å². The lowest BCUT2D eigenvalue weighted by Crippen LogP contribution is -2.19. The molecule has 0 saturated heterocycles. The fourth-order valence-corrected chi connectivity index (χ4v) is 3.21. The third kappa shape index (κ3) is 5.39. The number of rotatable bonds is 7. The zero-order valence-corrected chi connectivity index (χ0v) is 18.8. The highest BCUT2D eigenvalue weighted by Gasteiger charge is 2.10. The number of aromatic nitrogens is 1. The zero-order chi connectivity index (χ0) is 23.9. The molecule has 0 atom stereocenters. The molecule has 7 nitrogen and oxygen atoms in total. The van der Waals surface area contributed by atoms with Crippen LogP contribution in [0.1, 0.15) is 33.2 Å². The van der Waals surface area contributed by atoms with E-state index in [1.165, 1.54) is 0 Å². The van der Waals surface area contributed by atoms with E-state index in [2.05, 4.69) is 10.5 Å². The maximum absolute atomic E-state index is 12.4. The van der Waals surface area contributed by atoms with Crippen LogP contribution in [0, 0.1) is 0 Å². The lowest BCUT2D eigenvalue weighted by atomic mass is 10.1. The van der Waals surface area contributed by atoms with Crippen LogP contribution in [-0.2, 0) is 0 Å². The molecular formula is C27H23N3O4. The lowest BCUT2D eigenvalue weighted by molar-refractivity contribution is 0.0734. The maximum Gasteiger partial charge on any atom is 0.343 e. The molecule has 4 aromatic rings. The second-order valence-corrected chi connectivity index (χ2v) is 7.42. The summed E-state index contributed by atoms with van der Waals surface area (Å²) in [5.74, 6) is 0.306. The first kappa shape index (κ1) is 22.5. The summed E-state index contributed by atoms with van der Waals surface area (Å²) in [6, 6.07) is 24.7. The molecule has 1 aromatic heterocycles. The third-order valence-corrected chi connectivity index (χ3v) is 5.17. The Morgan fingerprint density at radius 3 is 1.94 bits per heavy atom. The Morgan fingerprint density at radius 1 is 0.765 bits per heavy atom. The van der Waals surface area contributed by atoms with Crippen molar-refractivity contribution >= 4 is 17.6 Å². The van der Waals surface area contributed by atoms with Crippen molar-refractivity contribution in [3.05, 3.63) is 114 Å². The van der Waals surface area contributed by atoms with Crippen LogP contribution in [-0.4, -0.2) is 29.3 Å². The van der Waals surface area contributed by atoms with Gasteiger partial charge in [-0.25, -0.2) is 10.2 Å². The summed E-state index contributed by atoms with van der Waals surface area (Å²) in [4.78, 5) is 24.7. The summed E-state index contributed by atoms with van der Waals surface area (Å²) in [6.45, 7) is 1.79. The van der Waals surface area contributed by atoms with Gasteiger partial charge >= 0.3 is 5.97 Å². The van der Waals surface area contributed by atoms with Gasteiger partial charge in [0.15, 0.2) is 0 Å². The molecule has 0 bridgehead atoms. The average Bonchev–Trinajstić information content (AvgIpc) is 3.43. The number of carbonyl (C=O) groups is 2. The Labute approximate surface area is 197 Å². The summed E-state index contributed by atoms with van der Waals surface area (Å²) in [6.07, 6.45) is 3.88. The molecule has 0 saturated carbocycles. The zero-order valence-electron chi connectivity index (χ0n) is 18.8. The van der Waals surface area contributed by atoms with Gasteiger partial charge in [0, 0.05) is 23.6 Å². The van der Waals surface area contributed by atoms with Gasteiger partial charge in [0.1, 0.15) is 11.5 Å². The largest absolute Gasteiger partial charge is 0.497 e. The SMILES string of the molecule is COc1ccc(C(=O)Oc2ccc(/C(C)=N/NC(=O)c3ccc(-n4cccc4)cc3)cc2)cc1. The summed E-state index contributed by atoms with van der Waals surface area (Å²) < 4.78 is 12.5. The van der Waals surface area contributed by atoms with E-state index in [0.29, 0.717) is 28.3 Å². The van der Waals surface area contributed by atoms with Crippen molar-refractivity contribution in [3.63, 3.8) is 0 Å². The van der Waals surface area contributed by atoms with Crippen LogP contribution in [0.3, 0.4) is 0 Å². The van der Waals surface area contributed by atoms with Crippen molar-refractivity contribution < 1.29 is 19.1 Å². The molecule has 0 radical (unpaired) electrons. The number of hydrazone groups is 1. The Hall–Kier alpha value is -4.65. The van der Waals surface area contributed by atoms with Crippen molar-refractivity contribution in [2.45, 2.75) is 6.92 Å². The quantitative estimate of drug-likeness (QED) is 0.188. The number of nitrogens with one attached hydrogen (secondary N) is 1. The van der Waals surface area contributed by atoms with Gasteiger partial charge < -0.3 is 14.0 Å². The standard InChI is InChI=1S/C27H23N3O4/c1-19(28-29-26(31)21-5-11-23(12-6-21)30-17-3-4-18-30)20-7-15-25(16-8-20)34-27(32)22-9-13-24(33-2)14-10-22/h3-18H,1-2H3,(H,29,31)/b28-19+. The molecule has 170 valence electrons. The van der Waals surface area contributed by atoms with E-state index in [1.807, 2.05) is 41.2 Å². The Bertz CT molecular complexity index is 1290. The molecule has 7 heteroatoms. The first-order chi connectivity index (χ1) is 16.5. The van der Waals surface area contributed by atoms with Crippen molar-refractivity contribution in [2.75, 3.05) is 7.11 Å². The number of hydrogen-bond donors (Lipinski definition) is 1. The average molecular weight is 453 g/mol. The molecule has 0 aliphatic rings. The highest BCUT2D eigenvalue weighted by molar-refractivity contribution is 6.01. The molecule has 3 aromatic carbocycles. The van der Waals surface area contributed by atoms with E-state index in [4.69, 9.17) is 9.47 Å². The number of ether oxygens (including phenoxy) is 2. The summed E-state index contributed by atoms with van der Waals surface area (Å²) in [5, 5.41) is 4.19. The van der Waals surface area contributed by atoms with E-state index in [9.17, 15) is 9.59 Å². The molecule has 1 amide bonds. The number of nitrogens with zero attached hydrogens (tertiary/aromatic N) is 2. The smallest absolute Gasteiger partial charge is 0.343 e. The van der Waals surface area contributed by atoms with E-state index in [-0.39, 0.29) is 5.91 Å². The van der Waals surface area contributed by atoms with Crippen molar-refractivity contribution in [3.8, 4) is 17.2 Å². The van der Waals surface area contributed by atoms with Crippen LogP contribution in [0.4, 0.5) is 0 Å². The first-order valence-corrected chi connectivity index (χ1v) is 10.6. The van der Waals surface area contributed by atoms with Crippen LogP contribution in [0.5, 0.6) is 11.5 Å². The van der Waals surface area contributed by atoms with Crippen molar-refractivity contribution in [1.82, 2.24) is 9.99 Å². The van der Waals surface area contributed by atoms with Gasteiger partial charge in [-0.05, 0) is 97.4 Å². The van der Waals surface area contributed by atoms with Crippen LogP contribution < -0.4 is 14.9 Å². The van der Waals surface area contributed by atoms with Crippen LogP contribution in [0.2, 0.25) is 0 Å². The van der Waals surface area contributed by atoms with Crippen molar-refractivity contribution in [1.29, 1.82) is 0 Å². The highest BCUT2D eigenvalue weighted by atomic mass is 16.5. The molecule has 0 unspecified atom stereocenters. The summed E-state index contributed by atoms with van der Waals surface area (Å²) >= 11 is 0. The minimum Gasteiger partial charge on any atom is -0.497 e. The van der Waals surface area contributed by atoms with Gasteiger partial charge in [0.25, 0.3) is 5.91 Å². The molecule has 0 fully saturated rings. The molecule has 1 heterocycles. The Morgan fingerprint density at radius 2 is 1.32 bits per heavy atom. The van der Waals surface area contributed by atoms with Gasteiger partial charge in [-0.1, -0.05) is 0 Å². The van der Waals surface area contributed by atoms with E-state index < -0.39 is 5.97 Å². The molecule has 0 aliphatic carbocycles. The maximum atomic E-state index is 12.4. The Kier molecular flexibility index (Phi) is 6.84. The Balaban J connectivity index is 1.35. The van der Waals surface area contributed by atoms with E-state index >= 15 is 0 Å². The minimum absolute atomic E-state index is 0.302. The van der Waals surface area contributed by atoms with E-state index in [1.54, 1.807) is 74.7 Å². The summed E-state index contributed by atoms with van der Waals surface area (Å²) in [7, 11) is 1.56. The third-order valence-electron chi connectivity index (χ3n) is 5.17. The van der Waals surface area contributed by atoms with Crippen LogP contribution >= 0.6 is 0 Å². The number of methoxy groups -OCH3 is 1. The second kappa shape index (κ2) is 10.3. The monoisotopic (exact) mass is 453 g/mol. The van der Waals surface area contributed by atoms with E-state index in [0.717, 1.165) is 11.3 Å². The fraction of sp³-hybridized carbons (Fsp3) is 0.0741. The predicted molar refractivity (Wildman–Crippen MR) is 130 cm³/mol. The van der Waals surface area contributed by atoms with Gasteiger partial charge in [-0.2, -0.15) is 5.10 Å². The number of esters is 1. The molecule has 0 aliphatic heterocycles. The fourth-order valence-electron chi connectivity index (χ4n) is 3.21. The number of hydrogen-bond acceptors (Lipinski definition) is 5. The topological polar surface area (TPSA) is 81.9 Å². The van der Waals surface area contributed by atoms with Gasteiger partial charge in [-0.15, -0.1) is 0 Å². The number of carbonyl (C=O) groups excluding carboxylic acids is 2. The molecular weight excluding hydrogens is 430 g/mol. The minimum atomic E-state index is -0.462. The van der Waals surface area contributed by atoms with Gasteiger partial charge in [0.2, 0.25) is 0 Å². The molecule has 4 rings (SSSR count). The second-order valence-electron chi connectivity index (χ2n) is 7.42. The van der Waals surface area contributed by atoms with Crippen LogP contribution in [0.15, 0.2) is 102 Å². The number of amides is 1. The molecule has 34 heavy (non-hydrogen) atoms. The summed E-state index contributed by atoms with van der Waals surface area (Å²) in [5.41, 5.74) is 5.87. The predicted octanol–water partition coefficient (Wildman–Crippen LogP) is 4.86. The lowest BCUT2D eigenvalue weighted by Gasteiger charge is -2.07. The van der Waals surface area contributed by atoms with Crippen LogP contribution in [0.25, 0.3) is 5.69 Å². The van der Waals surface area contributed by atoms with Gasteiger partial charge in [0.05, 0.1) is 18.4 Å². The molecule has 1 N–H and O–H groups in total. The normalized spacial score (nSPS) is 11.1. The molecule has 0 spiro atoms. The first-order valence-electron chi connectivity index (χ1n) is 10.6.